The number of para-hydroxylation sites is 1. The molecule has 2 amide bonds. The van der Waals surface area contributed by atoms with E-state index < -0.39 is 5.97 Å². The van der Waals surface area contributed by atoms with Crippen LogP contribution in [0.2, 0.25) is 0 Å². The standard InChI is InChI=1S/C21H24N2O4/c24-20(25)17-11-13-23(14-12-17)21(26)22-19(16-7-3-1-4-8-16)15-27-18-9-5-2-6-10-18/h1-10,17,19H,11-15H2,(H,22,26)(H,24,25). The average molecular weight is 368 g/mol. The third-order valence-corrected chi connectivity index (χ3v) is 4.79. The SMILES string of the molecule is O=C(O)C1CCN(C(=O)NC(COc2ccccc2)c2ccccc2)CC1. The number of carboxylic acids is 1. The average Bonchev–Trinajstić information content (AvgIpc) is 2.72. The third kappa shape index (κ3) is 5.23. The molecular formula is C21H24N2O4. The lowest BCUT2D eigenvalue weighted by Gasteiger charge is -2.32. The lowest BCUT2D eigenvalue weighted by molar-refractivity contribution is -0.143. The summed E-state index contributed by atoms with van der Waals surface area (Å²) in [5.41, 5.74) is 0.960. The highest BCUT2D eigenvalue weighted by atomic mass is 16.5. The maximum absolute atomic E-state index is 12.7. The summed E-state index contributed by atoms with van der Waals surface area (Å²) in [6, 6.07) is 18.7. The summed E-state index contributed by atoms with van der Waals surface area (Å²) in [5.74, 6) is -0.399. The number of benzene rings is 2. The number of rotatable bonds is 6. The maximum atomic E-state index is 12.7. The molecule has 1 fully saturated rings. The van der Waals surface area contributed by atoms with Gasteiger partial charge in [-0.05, 0) is 30.5 Å². The predicted molar refractivity (Wildman–Crippen MR) is 102 cm³/mol. The Bertz CT molecular complexity index is 743. The first-order valence-electron chi connectivity index (χ1n) is 9.14. The monoisotopic (exact) mass is 368 g/mol. The molecule has 0 saturated carbocycles. The number of carbonyl (C=O) groups excluding carboxylic acids is 1. The molecule has 27 heavy (non-hydrogen) atoms. The number of carbonyl (C=O) groups is 2. The molecule has 6 heteroatoms. The minimum Gasteiger partial charge on any atom is -0.491 e. The van der Waals surface area contributed by atoms with Crippen LogP contribution in [0.4, 0.5) is 4.79 Å². The first kappa shape index (κ1) is 18.8. The fourth-order valence-electron chi connectivity index (χ4n) is 3.17. The second kappa shape index (κ2) is 9.07. The Labute approximate surface area is 158 Å². The minimum atomic E-state index is -0.784. The molecule has 1 heterocycles. The highest BCUT2D eigenvalue weighted by Crippen LogP contribution is 2.20. The van der Waals surface area contributed by atoms with Gasteiger partial charge in [0.05, 0.1) is 12.0 Å². The van der Waals surface area contributed by atoms with Crippen LogP contribution in [0.5, 0.6) is 5.75 Å². The first-order chi connectivity index (χ1) is 13.1. The molecule has 1 unspecified atom stereocenters. The normalized spacial score (nSPS) is 15.8. The molecule has 1 saturated heterocycles. The molecule has 3 rings (SSSR count). The fraction of sp³-hybridized carbons (Fsp3) is 0.333. The fourth-order valence-corrected chi connectivity index (χ4v) is 3.17. The Morgan fingerprint density at radius 2 is 1.63 bits per heavy atom. The van der Waals surface area contributed by atoms with Gasteiger partial charge in [-0.3, -0.25) is 4.79 Å². The quantitative estimate of drug-likeness (QED) is 0.820. The summed E-state index contributed by atoms with van der Waals surface area (Å²) in [5, 5.41) is 12.1. The highest BCUT2D eigenvalue weighted by Gasteiger charge is 2.28. The molecule has 2 aromatic carbocycles. The summed E-state index contributed by atoms with van der Waals surface area (Å²) in [7, 11) is 0. The molecule has 0 aromatic heterocycles. The van der Waals surface area contributed by atoms with Gasteiger partial charge in [0.15, 0.2) is 0 Å². The van der Waals surface area contributed by atoms with Crippen LogP contribution in [-0.2, 0) is 4.79 Å². The molecule has 142 valence electrons. The van der Waals surface area contributed by atoms with Crippen molar-refractivity contribution in [1.82, 2.24) is 10.2 Å². The van der Waals surface area contributed by atoms with Gasteiger partial charge in [0.25, 0.3) is 0 Å². The number of hydrogen-bond acceptors (Lipinski definition) is 3. The summed E-state index contributed by atoms with van der Waals surface area (Å²) >= 11 is 0. The third-order valence-electron chi connectivity index (χ3n) is 4.79. The molecule has 0 radical (unpaired) electrons. The van der Waals surface area contributed by atoms with E-state index in [0.29, 0.717) is 32.5 Å². The molecule has 0 spiro atoms. The largest absolute Gasteiger partial charge is 0.491 e. The van der Waals surface area contributed by atoms with Gasteiger partial charge in [-0.15, -0.1) is 0 Å². The number of carboxylic acid groups (broad SMARTS) is 1. The number of aliphatic carboxylic acids is 1. The zero-order valence-corrected chi connectivity index (χ0v) is 15.1. The van der Waals surface area contributed by atoms with E-state index in [2.05, 4.69) is 5.32 Å². The summed E-state index contributed by atoms with van der Waals surface area (Å²) in [6.07, 6.45) is 0.971. The Morgan fingerprint density at radius 3 is 2.22 bits per heavy atom. The Hall–Kier alpha value is -3.02. The van der Waals surface area contributed by atoms with Crippen LogP contribution < -0.4 is 10.1 Å². The van der Waals surface area contributed by atoms with Crippen molar-refractivity contribution in [1.29, 1.82) is 0 Å². The van der Waals surface area contributed by atoms with Crippen molar-refractivity contribution in [2.45, 2.75) is 18.9 Å². The predicted octanol–water partition coefficient (Wildman–Crippen LogP) is 3.31. The lowest BCUT2D eigenvalue weighted by atomic mass is 9.97. The number of nitrogens with zero attached hydrogens (tertiary/aromatic N) is 1. The lowest BCUT2D eigenvalue weighted by Crippen LogP contribution is -2.47. The van der Waals surface area contributed by atoms with Crippen molar-refractivity contribution in [3.05, 3.63) is 66.2 Å². The number of hydrogen-bond donors (Lipinski definition) is 2. The Morgan fingerprint density at radius 1 is 1.04 bits per heavy atom. The van der Waals surface area contributed by atoms with Crippen LogP contribution in [0.3, 0.4) is 0 Å². The molecule has 2 N–H and O–H groups in total. The van der Waals surface area contributed by atoms with Crippen molar-refractivity contribution in [2.75, 3.05) is 19.7 Å². The van der Waals surface area contributed by atoms with E-state index in [1.54, 1.807) is 4.90 Å². The van der Waals surface area contributed by atoms with E-state index in [4.69, 9.17) is 9.84 Å². The van der Waals surface area contributed by atoms with E-state index in [0.717, 1.165) is 11.3 Å². The van der Waals surface area contributed by atoms with Crippen molar-refractivity contribution in [2.24, 2.45) is 5.92 Å². The van der Waals surface area contributed by atoms with Crippen molar-refractivity contribution >= 4 is 12.0 Å². The molecule has 0 bridgehead atoms. The zero-order chi connectivity index (χ0) is 19.1. The van der Waals surface area contributed by atoms with Gasteiger partial charge in [-0.1, -0.05) is 48.5 Å². The summed E-state index contributed by atoms with van der Waals surface area (Å²) in [6.45, 7) is 1.21. The molecule has 1 atom stereocenters. The second-order valence-corrected chi connectivity index (χ2v) is 6.64. The summed E-state index contributed by atoms with van der Waals surface area (Å²) in [4.78, 5) is 25.4. The van der Waals surface area contributed by atoms with Gasteiger partial charge < -0.3 is 20.1 Å². The van der Waals surface area contributed by atoms with Gasteiger partial charge >= 0.3 is 12.0 Å². The first-order valence-corrected chi connectivity index (χ1v) is 9.14. The summed E-state index contributed by atoms with van der Waals surface area (Å²) < 4.78 is 5.85. The van der Waals surface area contributed by atoms with Crippen LogP contribution in [0.15, 0.2) is 60.7 Å². The van der Waals surface area contributed by atoms with Crippen molar-refractivity contribution < 1.29 is 19.4 Å². The van der Waals surface area contributed by atoms with Crippen LogP contribution >= 0.6 is 0 Å². The molecule has 2 aromatic rings. The van der Waals surface area contributed by atoms with Gasteiger partial charge in [-0.2, -0.15) is 0 Å². The topological polar surface area (TPSA) is 78.9 Å². The molecule has 6 nitrogen and oxygen atoms in total. The van der Waals surface area contributed by atoms with Gasteiger partial charge in [0.1, 0.15) is 12.4 Å². The van der Waals surface area contributed by atoms with E-state index in [-0.39, 0.29) is 18.0 Å². The maximum Gasteiger partial charge on any atom is 0.317 e. The number of nitrogens with one attached hydrogen (secondary N) is 1. The van der Waals surface area contributed by atoms with Crippen molar-refractivity contribution in [3.8, 4) is 5.75 Å². The molecule has 1 aliphatic heterocycles. The number of likely N-dealkylation sites (tertiary alicyclic amines) is 1. The second-order valence-electron chi connectivity index (χ2n) is 6.64. The van der Waals surface area contributed by atoms with E-state index in [9.17, 15) is 9.59 Å². The molecule has 0 aliphatic carbocycles. The zero-order valence-electron chi connectivity index (χ0n) is 15.1. The van der Waals surface area contributed by atoms with Gasteiger partial charge in [0, 0.05) is 13.1 Å². The number of amides is 2. The highest BCUT2D eigenvalue weighted by molar-refractivity contribution is 5.76. The number of piperidine rings is 1. The van der Waals surface area contributed by atoms with Crippen LogP contribution in [0, 0.1) is 5.92 Å². The minimum absolute atomic E-state index is 0.190. The van der Waals surface area contributed by atoms with Crippen LogP contribution in [0.1, 0.15) is 24.4 Å². The molecule has 1 aliphatic rings. The Balaban J connectivity index is 1.62. The van der Waals surface area contributed by atoms with Crippen LogP contribution in [0.25, 0.3) is 0 Å². The van der Waals surface area contributed by atoms with E-state index >= 15 is 0 Å². The number of ether oxygens (including phenoxy) is 1. The molecular weight excluding hydrogens is 344 g/mol. The Kier molecular flexibility index (Phi) is 6.30. The van der Waals surface area contributed by atoms with Crippen molar-refractivity contribution in [3.63, 3.8) is 0 Å². The smallest absolute Gasteiger partial charge is 0.317 e. The van der Waals surface area contributed by atoms with E-state index in [1.165, 1.54) is 0 Å². The number of urea groups is 1. The van der Waals surface area contributed by atoms with Gasteiger partial charge in [-0.25, -0.2) is 4.79 Å². The van der Waals surface area contributed by atoms with E-state index in [1.807, 2.05) is 60.7 Å². The van der Waals surface area contributed by atoms with Crippen LogP contribution in [-0.4, -0.2) is 41.7 Å². The van der Waals surface area contributed by atoms with Gasteiger partial charge in [0.2, 0.25) is 0 Å².